The number of benzene rings is 2. The standard InChI is InChI=1S/C24H30N2O5.C2H6/c1-4-24(12-5-6-13-26(2)16-24)18-8-7-9-19(15-18)31-23(29)25-20-11-10-17(22(27)28)14-21(20)30-3;1-2/h7-11,14-15H,4-6,12-13,16H2,1-3H3,(H,25,29)(H,27,28);1-2H3. The Labute approximate surface area is 196 Å². The molecule has 0 radical (unpaired) electrons. The third-order valence-electron chi connectivity index (χ3n) is 6.04. The summed E-state index contributed by atoms with van der Waals surface area (Å²) in [6, 6.07) is 12.0. The zero-order valence-corrected chi connectivity index (χ0v) is 20.3. The largest absolute Gasteiger partial charge is 0.495 e. The van der Waals surface area contributed by atoms with Gasteiger partial charge in [-0.1, -0.05) is 39.3 Å². The molecule has 1 fully saturated rings. The van der Waals surface area contributed by atoms with Crippen LogP contribution in [0, 0.1) is 0 Å². The van der Waals surface area contributed by atoms with Crippen molar-refractivity contribution in [2.24, 2.45) is 0 Å². The van der Waals surface area contributed by atoms with Crippen molar-refractivity contribution in [2.45, 2.75) is 51.9 Å². The minimum atomic E-state index is -1.07. The predicted molar refractivity (Wildman–Crippen MR) is 131 cm³/mol. The first-order valence-corrected chi connectivity index (χ1v) is 11.6. The zero-order chi connectivity index (χ0) is 24.4. The molecule has 1 saturated heterocycles. The van der Waals surface area contributed by atoms with Gasteiger partial charge in [0.1, 0.15) is 11.5 Å². The number of hydrogen-bond donors (Lipinski definition) is 2. The Morgan fingerprint density at radius 2 is 1.91 bits per heavy atom. The van der Waals surface area contributed by atoms with E-state index in [0.29, 0.717) is 11.4 Å². The molecule has 0 aromatic heterocycles. The fraction of sp³-hybridized carbons (Fsp3) is 0.462. The topological polar surface area (TPSA) is 88.1 Å². The van der Waals surface area contributed by atoms with E-state index in [0.717, 1.165) is 25.9 Å². The number of carbonyl (C=O) groups excluding carboxylic acids is 1. The number of methoxy groups -OCH3 is 1. The van der Waals surface area contributed by atoms with E-state index in [2.05, 4.69) is 30.3 Å². The number of ether oxygens (including phenoxy) is 2. The highest BCUT2D eigenvalue weighted by Crippen LogP contribution is 2.37. The molecule has 1 aliphatic heterocycles. The molecule has 180 valence electrons. The fourth-order valence-electron chi connectivity index (χ4n) is 4.31. The van der Waals surface area contributed by atoms with Gasteiger partial charge in [0.05, 0.1) is 18.4 Å². The van der Waals surface area contributed by atoms with Crippen molar-refractivity contribution in [3.63, 3.8) is 0 Å². The third-order valence-corrected chi connectivity index (χ3v) is 6.04. The van der Waals surface area contributed by atoms with Gasteiger partial charge in [-0.25, -0.2) is 9.59 Å². The second kappa shape index (κ2) is 12.3. The SMILES string of the molecule is CC.CCC1(c2cccc(OC(=O)Nc3ccc(C(=O)O)cc3OC)c2)CCCCN(C)C1. The molecule has 3 rings (SSSR count). The second-order valence-electron chi connectivity index (χ2n) is 8.09. The zero-order valence-electron chi connectivity index (χ0n) is 20.3. The summed E-state index contributed by atoms with van der Waals surface area (Å²) in [5, 5.41) is 11.7. The number of nitrogens with one attached hydrogen (secondary N) is 1. The van der Waals surface area contributed by atoms with Gasteiger partial charge in [0.25, 0.3) is 0 Å². The van der Waals surface area contributed by atoms with Crippen LogP contribution in [0.5, 0.6) is 11.5 Å². The maximum Gasteiger partial charge on any atom is 0.417 e. The molecular formula is C26H36N2O5. The van der Waals surface area contributed by atoms with E-state index in [1.165, 1.54) is 43.7 Å². The van der Waals surface area contributed by atoms with Crippen molar-refractivity contribution in [2.75, 3.05) is 32.6 Å². The first-order chi connectivity index (χ1) is 15.9. The van der Waals surface area contributed by atoms with Crippen LogP contribution in [0.25, 0.3) is 0 Å². The number of likely N-dealkylation sites (tertiary alicyclic amines) is 1. The molecule has 7 nitrogen and oxygen atoms in total. The maximum absolute atomic E-state index is 12.5. The molecule has 0 bridgehead atoms. The van der Waals surface area contributed by atoms with Gasteiger partial charge in [0.15, 0.2) is 0 Å². The van der Waals surface area contributed by atoms with Gasteiger partial charge in [-0.15, -0.1) is 0 Å². The van der Waals surface area contributed by atoms with E-state index in [9.17, 15) is 9.59 Å². The van der Waals surface area contributed by atoms with E-state index >= 15 is 0 Å². The van der Waals surface area contributed by atoms with Crippen LogP contribution in [0.2, 0.25) is 0 Å². The molecule has 0 spiro atoms. The Morgan fingerprint density at radius 3 is 2.58 bits per heavy atom. The number of carboxylic acids is 1. The summed E-state index contributed by atoms with van der Waals surface area (Å²) in [5.41, 5.74) is 1.62. The number of rotatable bonds is 6. The first kappa shape index (κ1) is 26.2. The Morgan fingerprint density at radius 1 is 1.15 bits per heavy atom. The molecule has 33 heavy (non-hydrogen) atoms. The highest BCUT2D eigenvalue weighted by atomic mass is 16.6. The number of aromatic carboxylic acids is 1. The van der Waals surface area contributed by atoms with Crippen molar-refractivity contribution >= 4 is 17.7 Å². The Hall–Kier alpha value is -3.06. The second-order valence-corrected chi connectivity index (χ2v) is 8.09. The van der Waals surface area contributed by atoms with Gasteiger partial charge < -0.3 is 19.5 Å². The summed E-state index contributed by atoms with van der Waals surface area (Å²) >= 11 is 0. The average Bonchev–Trinajstić information content (AvgIpc) is 3.02. The van der Waals surface area contributed by atoms with Crippen LogP contribution in [0.3, 0.4) is 0 Å². The van der Waals surface area contributed by atoms with Gasteiger partial charge in [-0.2, -0.15) is 0 Å². The molecule has 1 heterocycles. The summed E-state index contributed by atoms with van der Waals surface area (Å²) in [5.74, 6) is -0.355. The summed E-state index contributed by atoms with van der Waals surface area (Å²) in [6.07, 6.45) is 3.83. The quantitative estimate of drug-likeness (QED) is 0.572. The lowest BCUT2D eigenvalue weighted by molar-refractivity contribution is 0.0696. The average molecular weight is 457 g/mol. The number of likely N-dealkylation sites (N-methyl/N-ethyl adjacent to an activating group) is 1. The van der Waals surface area contributed by atoms with Gasteiger partial charge >= 0.3 is 12.1 Å². The van der Waals surface area contributed by atoms with Gasteiger partial charge in [-0.05, 0) is 68.8 Å². The van der Waals surface area contributed by atoms with Crippen molar-refractivity contribution in [3.8, 4) is 11.5 Å². The van der Waals surface area contributed by atoms with Crippen LogP contribution in [0.4, 0.5) is 10.5 Å². The monoisotopic (exact) mass is 456 g/mol. The molecule has 1 atom stereocenters. The molecule has 2 aromatic carbocycles. The van der Waals surface area contributed by atoms with E-state index in [4.69, 9.17) is 14.6 Å². The Bertz CT molecular complexity index is 946. The molecule has 2 N–H and O–H groups in total. The van der Waals surface area contributed by atoms with Crippen LogP contribution >= 0.6 is 0 Å². The molecule has 0 aliphatic carbocycles. The van der Waals surface area contributed by atoms with Crippen molar-refractivity contribution < 1.29 is 24.2 Å². The van der Waals surface area contributed by atoms with Crippen molar-refractivity contribution in [1.29, 1.82) is 0 Å². The number of anilines is 1. The smallest absolute Gasteiger partial charge is 0.417 e. The van der Waals surface area contributed by atoms with Crippen LogP contribution in [-0.4, -0.2) is 49.3 Å². The van der Waals surface area contributed by atoms with E-state index in [1.54, 1.807) is 6.07 Å². The summed E-state index contributed by atoms with van der Waals surface area (Å²) in [4.78, 5) is 26.0. The van der Waals surface area contributed by atoms with Crippen molar-refractivity contribution in [1.82, 2.24) is 4.90 Å². The van der Waals surface area contributed by atoms with Crippen LogP contribution in [0.1, 0.15) is 62.4 Å². The Balaban J connectivity index is 0.00000187. The lowest BCUT2D eigenvalue weighted by atomic mass is 9.74. The molecule has 1 unspecified atom stereocenters. The number of hydrogen-bond acceptors (Lipinski definition) is 5. The lowest BCUT2D eigenvalue weighted by Gasteiger charge is -2.35. The molecule has 2 aromatic rings. The van der Waals surface area contributed by atoms with Crippen LogP contribution < -0.4 is 14.8 Å². The number of carboxylic acid groups (broad SMARTS) is 1. The minimum Gasteiger partial charge on any atom is -0.495 e. The molecule has 7 heteroatoms. The summed E-state index contributed by atoms with van der Waals surface area (Å²) in [6.45, 7) is 8.29. The summed E-state index contributed by atoms with van der Waals surface area (Å²) < 4.78 is 10.7. The Kier molecular flexibility index (Phi) is 9.73. The summed E-state index contributed by atoms with van der Waals surface area (Å²) in [7, 11) is 3.57. The van der Waals surface area contributed by atoms with Crippen LogP contribution in [0.15, 0.2) is 42.5 Å². The molecule has 0 saturated carbocycles. The first-order valence-electron chi connectivity index (χ1n) is 11.6. The van der Waals surface area contributed by atoms with E-state index < -0.39 is 12.1 Å². The van der Waals surface area contributed by atoms with Crippen LogP contribution in [-0.2, 0) is 5.41 Å². The molecule has 1 aliphatic rings. The fourth-order valence-corrected chi connectivity index (χ4v) is 4.31. The third kappa shape index (κ3) is 6.71. The highest BCUT2D eigenvalue weighted by Gasteiger charge is 2.33. The number of carbonyl (C=O) groups is 2. The number of nitrogens with zero attached hydrogens (tertiary/aromatic N) is 1. The normalized spacial score (nSPS) is 18.3. The van der Waals surface area contributed by atoms with Gasteiger partial charge in [0.2, 0.25) is 0 Å². The highest BCUT2D eigenvalue weighted by molar-refractivity contribution is 5.92. The molecule has 1 amide bonds. The van der Waals surface area contributed by atoms with E-state index in [1.807, 2.05) is 26.0 Å². The molecular weight excluding hydrogens is 420 g/mol. The van der Waals surface area contributed by atoms with Gasteiger partial charge in [-0.3, -0.25) is 5.32 Å². The van der Waals surface area contributed by atoms with E-state index in [-0.39, 0.29) is 16.7 Å². The minimum absolute atomic E-state index is 0.0387. The van der Waals surface area contributed by atoms with Gasteiger partial charge in [0, 0.05) is 12.0 Å². The van der Waals surface area contributed by atoms with Crippen molar-refractivity contribution in [3.05, 3.63) is 53.6 Å². The lowest BCUT2D eigenvalue weighted by Crippen LogP contribution is -2.37. The maximum atomic E-state index is 12.5. The number of amides is 1. The predicted octanol–water partition coefficient (Wildman–Crippen LogP) is 5.79.